The summed E-state index contributed by atoms with van der Waals surface area (Å²) in [5.74, 6) is 6.31. The third kappa shape index (κ3) is 5.09. The van der Waals surface area contributed by atoms with E-state index in [0.717, 1.165) is 12.0 Å². The van der Waals surface area contributed by atoms with E-state index < -0.39 is 0 Å². The molecule has 1 aromatic heterocycles. The number of aromatic nitrogens is 2. The number of anilines is 2. The van der Waals surface area contributed by atoms with Crippen molar-refractivity contribution in [3.63, 3.8) is 0 Å². The van der Waals surface area contributed by atoms with Crippen molar-refractivity contribution in [1.82, 2.24) is 15.3 Å². The van der Waals surface area contributed by atoms with Crippen LogP contribution in [0, 0.1) is 6.92 Å². The third-order valence-electron chi connectivity index (χ3n) is 2.77. The largest absolute Gasteiger partial charge is 0.369 e. The second-order valence-electron chi connectivity index (χ2n) is 4.42. The van der Waals surface area contributed by atoms with Crippen molar-refractivity contribution < 1.29 is 4.79 Å². The number of hydrazine groups is 1. The van der Waals surface area contributed by atoms with Gasteiger partial charge in [0.2, 0.25) is 11.9 Å². The van der Waals surface area contributed by atoms with Crippen LogP contribution < -0.4 is 21.9 Å². The van der Waals surface area contributed by atoms with Crippen LogP contribution in [0.5, 0.6) is 0 Å². The van der Waals surface area contributed by atoms with Crippen LogP contribution in [-0.4, -0.2) is 28.5 Å². The predicted octanol–water partition coefficient (Wildman–Crippen LogP) is 0.787. The van der Waals surface area contributed by atoms with Gasteiger partial charge in [-0.05, 0) is 20.3 Å². The number of hydrogen-bond acceptors (Lipinski definition) is 6. The van der Waals surface area contributed by atoms with Gasteiger partial charge < -0.3 is 10.6 Å². The molecular formula is C12H22N6O. The van der Waals surface area contributed by atoms with Crippen LogP contribution >= 0.6 is 0 Å². The molecule has 1 unspecified atom stereocenters. The number of nitrogens with one attached hydrogen (secondary N) is 3. The Balaban J connectivity index is 2.42. The number of hydrogen-bond donors (Lipinski definition) is 4. The number of nitrogens with zero attached hydrogens (tertiary/aromatic N) is 2. The molecule has 0 saturated heterocycles. The van der Waals surface area contributed by atoms with Crippen molar-refractivity contribution in [1.29, 1.82) is 0 Å². The van der Waals surface area contributed by atoms with Crippen molar-refractivity contribution >= 4 is 17.7 Å². The number of nitrogen functional groups attached to an aromatic ring is 1. The highest BCUT2D eigenvalue weighted by molar-refractivity contribution is 5.76. The smallest absolute Gasteiger partial charge is 0.239 e. The summed E-state index contributed by atoms with van der Waals surface area (Å²) in [6.45, 7) is 6.43. The fraction of sp³-hybridized carbons (Fsp3) is 0.583. The predicted molar refractivity (Wildman–Crippen MR) is 75.6 cm³/mol. The Labute approximate surface area is 113 Å². The van der Waals surface area contributed by atoms with E-state index in [1.165, 1.54) is 0 Å². The molecule has 0 saturated carbocycles. The van der Waals surface area contributed by atoms with Gasteiger partial charge in [-0.25, -0.2) is 10.8 Å². The maximum atomic E-state index is 11.6. The lowest BCUT2D eigenvalue weighted by molar-refractivity contribution is -0.121. The lowest BCUT2D eigenvalue weighted by Crippen LogP contribution is -2.33. The Hall–Kier alpha value is -1.89. The molecule has 0 radical (unpaired) electrons. The quantitative estimate of drug-likeness (QED) is 0.429. The zero-order valence-corrected chi connectivity index (χ0v) is 11.7. The van der Waals surface area contributed by atoms with E-state index in [1.54, 1.807) is 6.20 Å². The summed E-state index contributed by atoms with van der Waals surface area (Å²) in [6, 6.07) is 0.210. The van der Waals surface area contributed by atoms with Gasteiger partial charge >= 0.3 is 0 Å². The highest BCUT2D eigenvalue weighted by atomic mass is 16.1. The summed E-state index contributed by atoms with van der Waals surface area (Å²) in [7, 11) is 0. The second-order valence-corrected chi connectivity index (χ2v) is 4.42. The Morgan fingerprint density at radius 3 is 2.89 bits per heavy atom. The van der Waals surface area contributed by atoms with Crippen LogP contribution in [-0.2, 0) is 4.79 Å². The summed E-state index contributed by atoms with van der Waals surface area (Å²) in [5.41, 5.74) is 3.29. The van der Waals surface area contributed by atoms with Crippen LogP contribution in [0.4, 0.5) is 11.8 Å². The molecule has 0 aromatic carbocycles. The second kappa shape index (κ2) is 7.52. The molecule has 1 amide bonds. The van der Waals surface area contributed by atoms with E-state index in [4.69, 9.17) is 5.84 Å². The minimum Gasteiger partial charge on any atom is -0.369 e. The summed E-state index contributed by atoms with van der Waals surface area (Å²) < 4.78 is 0. The molecule has 19 heavy (non-hydrogen) atoms. The van der Waals surface area contributed by atoms with Gasteiger partial charge in [-0.15, -0.1) is 0 Å². The molecule has 0 fully saturated rings. The Morgan fingerprint density at radius 1 is 1.53 bits per heavy atom. The molecule has 0 spiro atoms. The third-order valence-corrected chi connectivity index (χ3v) is 2.77. The van der Waals surface area contributed by atoms with Gasteiger partial charge in [0.05, 0.1) is 0 Å². The van der Waals surface area contributed by atoms with Gasteiger partial charge in [-0.2, -0.15) is 4.98 Å². The van der Waals surface area contributed by atoms with Gasteiger partial charge in [0.25, 0.3) is 0 Å². The number of rotatable bonds is 7. The summed E-state index contributed by atoms with van der Waals surface area (Å²) in [5, 5.41) is 6.01. The zero-order valence-electron chi connectivity index (χ0n) is 11.7. The number of carbonyl (C=O) groups is 1. The number of nitrogens with two attached hydrogens (primary N) is 1. The van der Waals surface area contributed by atoms with Gasteiger partial charge in [0.1, 0.15) is 5.82 Å². The van der Waals surface area contributed by atoms with Gasteiger partial charge in [-0.1, -0.05) is 6.92 Å². The highest BCUT2D eigenvalue weighted by Gasteiger charge is 2.06. The summed E-state index contributed by atoms with van der Waals surface area (Å²) in [4.78, 5) is 19.8. The van der Waals surface area contributed by atoms with E-state index in [2.05, 4.69) is 26.0 Å². The number of aryl methyl sites for hydroxylation is 1. The molecule has 106 valence electrons. The fourth-order valence-corrected chi connectivity index (χ4v) is 1.43. The van der Waals surface area contributed by atoms with Gasteiger partial charge in [0.15, 0.2) is 0 Å². The van der Waals surface area contributed by atoms with Crippen molar-refractivity contribution in [3.8, 4) is 0 Å². The lowest BCUT2D eigenvalue weighted by Gasteiger charge is -2.12. The molecule has 1 aromatic rings. The topological polar surface area (TPSA) is 105 Å². The molecule has 1 heterocycles. The highest BCUT2D eigenvalue weighted by Crippen LogP contribution is 2.11. The van der Waals surface area contributed by atoms with E-state index in [0.29, 0.717) is 24.7 Å². The first-order chi connectivity index (χ1) is 9.06. The molecule has 0 aliphatic rings. The fourth-order valence-electron chi connectivity index (χ4n) is 1.43. The first-order valence-electron chi connectivity index (χ1n) is 6.40. The molecule has 0 aliphatic heterocycles. The summed E-state index contributed by atoms with van der Waals surface area (Å²) >= 11 is 0. The first-order valence-corrected chi connectivity index (χ1v) is 6.40. The van der Waals surface area contributed by atoms with Crippen molar-refractivity contribution in [2.45, 2.75) is 39.7 Å². The zero-order chi connectivity index (χ0) is 14.3. The molecule has 7 heteroatoms. The van der Waals surface area contributed by atoms with Gasteiger partial charge in [0, 0.05) is 30.8 Å². The average Bonchev–Trinajstić information content (AvgIpc) is 2.40. The normalized spacial score (nSPS) is 11.8. The standard InChI is InChI=1S/C12H22N6O/c1-4-9(3)16-10(19)5-6-14-11-8(2)7-15-12(17-11)18-13/h7,9H,4-6,13H2,1-3H3,(H,16,19)(H2,14,15,17,18). The minimum absolute atomic E-state index is 0.0331. The monoisotopic (exact) mass is 266 g/mol. The molecule has 0 bridgehead atoms. The average molecular weight is 266 g/mol. The van der Waals surface area contributed by atoms with E-state index in [-0.39, 0.29) is 11.9 Å². The Bertz CT molecular complexity index is 423. The molecular weight excluding hydrogens is 244 g/mol. The van der Waals surface area contributed by atoms with Crippen LogP contribution in [0.15, 0.2) is 6.20 Å². The van der Waals surface area contributed by atoms with Crippen LogP contribution in [0.2, 0.25) is 0 Å². The van der Waals surface area contributed by atoms with Crippen molar-refractivity contribution in [2.24, 2.45) is 5.84 Å². The van der Waals surface area contributed by atoms with E-state index in [9.17, 15) is 4.79 Å². The number of carbonyl (C=O) groups excluding carboxylic acids is 1. The maximum Gasteiger partial charge on any atom is 0.239 e. The minimum atomic E-state index is 0.0331. The molecule has 1 rings (SSSR count). The van der Waals surface area contributed by atoms with Gasteiger partial charge in [-0.3, -0.25) is 10.2 Å². The Morgan fingerprint density at radius 2 is 2.26 bits per heavy atom. The van der Waals surface area contributed by atoms with Crippen molar-refractivity contribution in [3.05, 3.63) is 11.8 Å². The number of amides is 1. The maximum absolute atomic E-state index is 11.6. The molecule has 0 aliphatic carbocycles. The van der Waals surface area contributed by atoms with Crippen LogP contribution in [0.1, 0.15) is 32.3 Å². The van der Waals surface area contributed by atoms with Crippen molar-refractivity contribution in [2.75, 3.05) is 17.3 Å². The molecule has 5 N–H and O–H groups in total. The summed E-state index contributed by atoms with van der Waals surface area (Å²) in [6.07, 6.45) is 3.00. The van der Waals surface area contributed by atoms with E-state index >= 15 is 0 Å². The Kier molecular flexibility index (Phi) is 6.01. The van der Waals surface area contributed by atoms with E-state index in [1.807, 2.05) is 20.8 Å². The molecule has 7 nitrogen and oxygen atoms in total. The molecule has 1 atom stereocenters. The van der Waals surface area contributed by atoms with Crippen LogP contribution in [0.3, 0.4) is 0 Å². The first kappa shape index (κ1) is 15.2. The van der Waals surface area contributed by atoms with Crippen LogP contribution in [0.25, 0.3) is 0 Å². The SMILES string of the molecule is CCC(C)NC(=O)CCNc1nc(NN)ncc1C. The lowest BCUT2D eigenvalue weighted by atomic mass is 10.2.